The van der Waals surface area contributed by atoms with Crippen molar-refractivity contribution < 1.29 is 8.42 Å². The van der Waals surface area contributed by atoms with Crippen LogP contribution in [0.15, 0.2) is 60.0 Å². The van der Waals surface area contributed by atoms with Crippen molar-refractivity contribution in [2.75, 3.05) is 4.72 Å². The molecule has 0 amide bonds. The van der Waals surface area contributed by atoms with Crippen molar-refractivity contribution >= 4 is 38.9 Å². The molecule has 0 saturated carbocycles. The van der Waals surface area contributed by atoms with E-state index in [1.54, 1.807) is 49.9 Å². The Bertz CT molecular complexity index is 969. The van der Waals surface area contributed by atoms with E-state index >= 15 is 0 Å². The number of nitrogens with zero attached hydrogens (tertiary/aromatic N) is 2. The summed E-state index contributed by atoms with van der Waals surface area (Å²) in [6, 6.07) is 9.79. The van der Waals surface area contributed by atoms with Gasteiger partial charge < -0.3 is 4.57 Å². The highest BCUT2D eigenvalue weighted by atomic mass is 35.5. The van der Waals surface area contributed by atoms with Crippen molar-refractivity contribution in [3.05, 3.63) is 70.7 Å². The first-order valence-electron chi connectivity index (χ1n) is 6.94. The molecule has 0 aliphatic carbocycles. The van der Waals surface area contributed by atoms with Crippen LogP contribution in [-0.4, -0.2) is 18.0 Å². The zero-order chi connectivity index (χ0) is 17.3. The normalized spacial score (nSPS) is 11.5. The van der Waals surface area contributed by atoms with Gasteiger partial charge in [-0.25, -0.2) is 13.4 Å². The summed E-state index contributed by atoms with van der Waals surface area (Å²) in [7, 11) is -3.81. The Morgan fingerprint density at radius 3 is 2.42 bits per heavy atom. The second-order valence-corrected chi connectivity index (χ2v) is 7.62. The van der Waals surface area contributed by atoms with E-state index in [2.05, 4.69) is 9.71 Å². The molecule has 3 aromatic rings. The zero-order valence-electron chi connectivity index (χ0n) is 12.6. The van der Waals surface area contributed by atoms with Crippen LogP contribution >= 0.6 is 23.2 Å². The minimum atomic E-state index is -3.81. The molecule has 3 rings (SSSR count). The third kappa shape index (κ3) is 3.40. The average molecular weight is 382 g/mol. The fraction of sp³-hybridized carbons (Fsp3) is 0.0625. The Morgan fingerprint density at radius 1 is 1.08 bits per heavy atom. The van der Waals surface area contributed by atoms with Crippen LogP contribution < -0.4 is 4.72 Å². The Kier molecular flexibility index (Phi) is 4.54. The maximum Gasteiger partial charge on any atom is 0.263 e. The third-order valence-electron chi connectivity index (χ3n) is 3.42. The van der Waals surface area contributed by atoms with Gasteiger partial charge in [-0.05, 0) is 48.9 Å². The van der Waals surface area contributed by atoms with Crippen molar-refractivity contribution in [1.29, 1.82) is 0 Å². The van der Waals surface area contributed by atoms with Crippen molar-refractivity contribution in [1.82, 2.24) is 9.55 Å². The van der Waals surface area contributed by atoms with Crippen molar-refractivity contribution in [3.63, 3.8) is 0 Å². The number of imidazole rings is 1. The molecule has 1 aromatic heterocycles. The van der Waals surface area contributed by atoms with E-state index in [0.717, 1.165) is 5.69 Å². The van der Waals surface area contributed by atoms with Gasteiger partial charge in [0.1, 0.15) is 4.90 Å². The zero-order valence-corrected chi connectivity index (χ0v) is 14.9. The van der Waals surface area contributed by atoms with Gasteiger partial charge >= 0.3 is 0 Å². The number of hydrogen-bond acceptors (Lipinski definition) is 3. The topological polar surface area (TPSA) is 64.0 Å². The van der Waals surface area contributed by atoms with E-state index < -0.39 is 10.0 Å². The van der Waals surface area contributed by atoms with Gasteiger partial charge in [-0.3, -0.25) is 4.72 Å². The van der Waals surface area contributed by atoms with Crippen molar-refractivity contribution in [3.8, 4) is 5.69 Å². The Hall–Kier alpha value is -2.02. The molecule has 0 bridgehead atoms. The van der Waals surface area contributed by atoms with Crippen LogP contribution in [0, 0.1) is 6.92 Å². The standard InChI is InChI=1S/C16H13Cl2N3O2S/c1-11-8-16(15(18)9-14(11)17)24(22,23)20-12-2-4-13(5-3-12)21-7-6-19-10-21/h2-10,20H,1H3. The number of aryl methyl sites for hydroxylation is 1. The van der Waals surface area contributed by atoms with Crippen molar-refractivity contribution in [2.45, 2.75) is 11.8 Å². The second-order valence-electron chi connectivity index (χ2n) is 5.15. The van der Waals surface area contributed by atoms with Gasteiger partial charge in [-0.15, -0.1) is 0 Å². The highest BCUT2D eigenvalue weighted by molar-refractivity contribution is 7.92. The molecule has 2 aromatic carbocycles. The molecule has 1 heterocycles. The molecule has 0 spiro atoms. The number of halogens is 2. The van der Waals surface area contributed by atoms with Crippen LogP contribution in [0.1, 0.15) is 5.56 Å². The minimum absolute atomic E-state index is 0.00949. The molecule has 0 saturated heterocycles. The van der Waals surface area contributed by atoms with Crippen LogP contribution in [0.5, 0.6) is 0 Å². The summed E-state index contributed by atoms with van der Waals surface area (Å²) in [6.07, 6.45) is 5.13. The Morgan fingerprint density at radius 2 is 1.79 bits per heavy atom. The number of rotatable bonds is 4. The number of aromatic nitrogens is 2. The van der Waals surface area contributed by atoms with E-state index in [4.69, 9.17) is 23.2 Å². The smallest absolute Gasteiger partial charge is 0.263 e. The summed E-state index contributed by atoms with van der Waals surface area (Å²) in [4.78, 5) is 3.96. The lowest BCUT2D eigenvalue weighted by atomic mass is 10.2. The molecule has 0 radical (unpaired) electrons. The van der Waals surface area contributed by atoms with Gasteiger partial charge in [0, 0.05) is 28.8 Å². The monoisotopic (exact) mass is 381 g/mol. The highest BCUT2D eigenvalue weighted by Gasteiger charge is 2.19. The van der Waals surface area contributed by atoms with Gasteiger partial charge in [-0.1, -0.05) is 23.2 Å². The molecular formula is C16H13Cl2N3O2S. The maximum absolute atomic E-state index is 12.5. The SMILES string of the molecule is Cc1cc(S(=O)(=O)Nc2ccc(-n3ccnc3)cc2)c(Cl)cc1Cl. The molecule has 0 fully saturated rings. The highest BCUT2D eigenvalue weighted by Crippen LogP contribution is 2.29. The van der Waals surface area contributed by atoms with Crippen LogP contribution in [0.4, 0.5) is 5.69 Å². The second kappa shape index (κ2) is 6.47. The number of sulfonamides is 1. The largest absolute Gasteiger partial charge is 0.306 e. The van der Waals surface area contributed by atoms with Gasteiger partial charge in [0.25, 0.3) is 10.0 Å². The summed E-state index contributed by atoms with van der Waals surface area (Å²) >= 11 is 12.0. The van der Waals surface area contributed by atoms with Gasteiger partial charge in [-0.2, -0.15) is 0 Å². The van der Waals surface area contributed by atoms with Crippen LogP contribution in [0.2, 0.25) is 10.0 Å². The first kappa shape index (κ1) is 16.8. The molecule has 24 heavy (non-hydrogen) atoms. The number of nitrogens with one attached hydrogen (secondary N) is 1. The summed E-state index contributed by atoms with van der Waals surface area (Å²) in [5.41, 5.74) is 1.94. The maximum atomic E-state index is 12.5. The predicted octanol–water partition coefficient (Wildman–Crippen LogP) is 4.29. The number of hydrogen-bond donors (Lipinski definition) is 1. The Balaban J connectivity index is 1.88. The number of benzene rings is 2. The Labute approximate surface area is 149 Å². The first-order valence-corrected chi connectivity index (χ1v) is 9.17. The quantitative estimate of drug-likeness (QED) is 0.732. The molecule has 0 unspecified atom stereocenters. The van der Waals surface area contributed by atoms with E-state index in [0.29, 0.717) is 16.3 Å². The lowest BCUT2D eigenvalue weighted by molar-refractivity contribution is 0.601. The lowest BCUT2D eigenvalue weighted by Gasteiger charge is -2.11. The van der Waals surface area contributed by atoms with Gasteiger partial charge in [0.05, 0.1) is 11.3 Å². The van der Waals surface area contributed by atoms with E-state index in [9.17, 15) is 8.42 Å². The van der Waals surface area contributed by atoms with Crippen LogP contribution in [-0.2, 0) is 10.0 Å². The molecule has 8 heteroatoms. The van der Waals surface area contributed by atoms with E-state index in [1.165, 1.54) is 12.1 Å². The van der Waals surface area contributed by atoms with Crippen LogP contribution in [0.25, 0.3) is 5.69 Å². The summed E-state index contributed by atoms with van der Waals surface area (Å²) in [6.45, 7) is 1.72. The summed E-state index contributed by atoms with van der Waals surface area (Å²) in [5.74, 6) is 0. The summed E-state index contributed by atoms with van der Waals surface area (Å²) in [5, 5.41) is 0.497. The molecule has 0 aliphatic heterocycles. The van der Waals surface area contributed by atoms with E-state index in [1.807, 2.05) is 4.57 Å². The fourth-order valence-electron chi connectivity index (χ4n) is 2.16. The molecule has 0 aliphatic rings. The fourth-order valence-corrected chi connectivity index (χ4v) is 4.05. The molecule has 124 valence electrons. The van der Waals surface area contributed by atoms with E-state index in [-0.39, 0.29) is 9.92 Å². The third-order valence-corrected chi connectivity index (χ3v) is 5.68. The van der Waals surface area contributed by atoms with Crippen LogP contribution in [0.3, 0.4) is 0 Å². The summed E-state index contributed by atoms with van der Waals surface area (Å²) < 4.78 is 29.4. The molecule has 0 atom stereocenters. The van der Waals surface area contributed by atoms with Gasteiger partial charge in [0.15, 0.2) is 0 Å². The average Bonchev–Trinajstić information content (AvgIpc) is 3.05. The molecule has 1 N–H and O–H groups in total. The minimum Gasteiger partial charge on any atom is -0.306 e. The lowest BCUT2D eigenvalue weighted by Crippen LogP contribution is -2.13. The van der Waals surface area contributed by atoms with Gasteiger partial charge in [0.2, 0.25) is 0 Å². The molecular weight excluding hydrogens is 369 g/mol. The first-order chi connectivity index (χ1) is 11.4. The predicted molar refractivity (Wildman–Crippen MR) is 95.6 cm³/mol. The molecule has 5 nitrogen and oxygen atoms in total. The number of anilines is 1. The van der Waals surface area contributed by atoms with Crippen molar-refractivity contribution in [2.24, 2.45) is 0 Å².